The zero-order chi connectivity index (χ0) is 18.6. The third-order valence-electron chi connectivity index (χ3n) is 5.82. The Labute approximate surface area is 150 Å². The van der Waals surface area contributed by atoms with Gasteiger partial charge >= 0.3 is 6.18 Å². The van der Waals surface area contributed by atoms with Crippen LogP contribution < -0.4 is 16.4 Å². The number of alkyl halides is 3. The summed E-state index contributed by atoms with van der Waals surface area (Å²) in [6, 6.07) is 6.50. The zero-order valence-electron chi connectivity index (χ0n) is 14.4. The molecular formula is C18H22F3N5. The van der Waals surface area contributed by atoms with Crippen molar-refractivity contribution in [3.8, 4) is 0 Å². The number of guanidine groups is 2. The molecule has 0 saturated heterocycles. The topological polar surface area (TPSA) is 80.0 Å². The van der Waals surface area contributed by atoms with Crippen LogP contribution in [0.1, 0.15) is 50.5 Å². The van der Waals surface area contributed by atoms with E-state index in [2.05, 4.69) is 9.98 Å². The van der Waals surface area contributed by atoms with Gasteiger partial charge in [0.15, 0.2) is 0 Å². The van der Waals surface area contributed by atoms with Crippen molar-refractivity contribution in [3.05, 3.63) is 29.8 Å². The van der Waals surface area contributed by atoms with Gasteiger partial charge in [0.1, 0.15) is 5.66 Å². The van der Waals surface area contributed by atoms with Gasteiger partial charge in [-0.15, -0.1) is 0 Å². The highest BCUT2D eigenvalue weighted by molar-refractivity contribution is 6.05. The normalized spacial score (nSPS) is 24.2. The van der Waals surface area contributed by atoms with Crippen LogP contribution in [0.3, 0.4) is 0 Å². The number of aliphatic imine (C=N–C) groups is 2. The lowest BCUT2D eigenvalue weighted by Gasteiger charge is -2.45. The molecule has 1 aromatic rings. The number of rotatable bonds is 2. The van der Waals surface area contributed by atoms with Gasteiger partial charge in [-0.2, -0.15) is 18.2 Å². The molecule has 1 spiro atoms. The number of hydrogen-bond donors (Lipinski definition) is 2. The van der Waals surface area contributed by atoms with Gasteiger partial charge in [-0.05, 0) is 56.2 Å². The van der Waals surface area contributed by atoms with E-state index < -0.39 is 17.3 Å². The van der Waals surface area contributed by atoms with Crippen LogP contribution in [0.4, 0.5) is 18.9 Å². The molecule has 4 rings (SSSR count). The lowest BCUT2D eigenvalue weighted by molar-refractivity contribution is -0.160. The van der Waals surface area contributed by atoms with Gasteiger partial charge in [0.05, 0.1) is 5.41 Å². The van der Waals surface area contributed by atoms with Crippen molar-refractivity contribution < 1.29 is 13.2 Å². The third-order valence-corrected chi connectivity index (χ3v) is 5.82. The summed E-state index contributed by atoms with van der Waals surface area (Å²) in [5.74, 6) is 0.399. The molecular weight excluding hydrogens is 343 g/mol. The smallest absolute Gasteiger partial charge is 0.369 e. The molecule has 0 bridgehead atoms. The summed E-state index contributed by atoms with van der Waals surface area (Å²) in [5.41, 5.74) is 10.7. The number of nitrogens with zero attached hydrogens (tertiary/aromatic N) is 3. The average molecular weight is 365 g/mol. The predicted molar refractivity (Wildman–Crippen MR) is 94.9 cm³/mol. The maximum absolute atomic E-state index is 13.3. The SMILES string of the molecule is NC1=NC2(CCCCC2)N(c2ccc(C3(C(F)(F)F)CC3)cc2)C(N)=N1. The number of anilines is 1. The Morgan fingerprint density at radius 2 is 1.54 bits per heavy atom. The van der Waals surface area contributed by atoms with Crippen molar-refractivity contribution in [2.24, 2.45) is 21.5 Å². The van der Waals surface area contributed by atoms with Crippen LogP contribution in [0.15, 0.2) is 34.3 Å². The van der Waals surface area contributed by atoms with E-state index in [1.807, 2.05) is 4.90 Å². The molecule has 3 aliphatic rings. The summed E-state index contributed by atoms with van der Waals surface area (Å²) in [5, 5.41) is 0. The van der Waals surface area contributed by atoms with Gasteiger partial charge in [0, 0.05) is 5.69 Å². The molecule has 140 valence electrons. The van der Waals surface area contributed by atoms with E-state index in [0.717, 1.165) is 32.1 Å². The van der Waals surface area contributed by atoms with Crippen LogP contribution in [0.25, 0.3) is 0 Å². The van der Waals surface area contributed by atoms with Gasteiger partial charge in [-0.1, -0.05) is 18.6 Å². The first-order valence-corrected chi connectivity index (χ1v) is 8.95. The molecule has 2 saturated carbocycles. The number of hydrogen-bond acceptors (Lipinski definition) is 5. The third kappa shape index (κ3) is 2.54. The van der Waals surface area contributed by atoms with Gasteiger partial charge in [0.2, 0.25) is 11.9 Å². The second-order valence-corrected chi connectivity index (χ2v) is 7.45. The minimum Gasteiger partial charge on any atom is -0.369 e. The van der Waals surface area contributed by atoms with E-state index in [0.29, 0.717) is 11.3 Å². The molecule has 1 aliphatic heterocycles. The van der Waals surface area contributed by atoms with Crippen LogP contribution in [0.2, 0.25) is 0 Å². The van der Waals surface area contributed by atoms with Gasteiger partial charge in [-0.3, -0.25) is 4.90 Å². The molecule has 1 heterocycles. The largest absolute Gasteiger partial charge is 0.398 e. The Kier molecular flexibility index (Phi) is 3.71. The van der Waals surface area contributed by atoms with Crippen LogP contribution in [-0.2, 0) is 5.41 Å². The number of benzene rings is 1. The summed E-state index contributed by atoms with van der Waals surface area (Å²) < 4.78 is 40.0. The zero-order valence-corrected chi connectivity index (χ0v) is 14.4. The molecule has 2 aliphatic carbocycles. The highest BCUT2D eigenvalue weighted by atomic mass is 19.4. The minimum absolute atomic E-state index is 0.147. The molecule has 0 radical (unpaired) electrons. The first kappa shape index (κ1) is 17.2. The number of nitrogens with two attached hydrogens (primary N) is 2. The Morgan fingerprint density at radius 1 is 0.923 bits per heavy atom. The van der Waals surface area contributed by atoms with Crippen LogP contribution in [0, 0.1) is 0 Å². The quantitative estimate of drug-likeness (QED) is 0.843. The standard InChI is InChI=1S/C18H22F3N5/c19-18(20,21)16(10-11-16)12-4-6-13(7-5-12)26-15(23)24-14(22)25-17(26)8-2-1-3-9-17/h4-7H,1-3,8-11H2,(H4,22,23,24,25). The Bertz CT molecular complexity index is 756. The second kappa shape index (κ2) is 5.62. The van der Waals surface area contributed by atoms with Crippen molar-refractivity contribution in [2.45, 2.75) is 62.2 Å². The lowest BCUT2D eigenvalue weighted by Crippen LogP contribution is -2.58. The van der Waals surface area contributed by atoms with E-state index in [4.69, 9.17) is 11.5 Å². The summed E-state index contributed by atoms with van der Waals surface area (Å²) in [4.78, 5) is 10.5. The summed E-state index contributed by atoms with van der Waals surface area (Å²) in [6.07, 6.45) is 0.766. The van der Waals surface area contributed by atoms with E-state index >= 15 is 0 Å². The molecule has 0 amide bonds. The molecule has 0 atom stereocenters. The fraction of sp³-hybridized carbons (Fsp3) is 0.556. The molecule has 0 unspecified atom stereocenters. The molecule has 1 aromatic carbocycles. The summed E-state index contributed by atoms with van der Waals surface area (Å²) in [7, 11) is 0. The first-order chi connectivity index (χ1) is 12.3. The average Bonchev–Trinajstić information content (AvgIpc) is 3.37. The molecule has 2 fully saturated rings. The van der Waals surface area contributed by atoms with E-state index in [9.17, 15) is 13.2 Å². The highest BCUT2D eigenvalue weighted by Crippen LogP contribution is 2.59. The highest BCUT2D eigenvalue weighted by Gasteiger charge is 2.64. The number of halogens is 3. The van der Waals surface area contributed by atoms with Crippen molar-refractivity contribution in [3.63, 3.8) is 0 Å². The monoisotopic (exact) mass is 365 g/mol. The lowest BCUT2D eigenvalue weighted by atomic mass is 9.87. The van der Waals surface area contributed by atoms with E-state index in [1.165, 1.54) is 0 Å². The van der Waals surface area contributed by atoms with Crippen LogP contribution >= 0.6 is 0 Å². The fourth-order valence-electron chi connectivity index (χ4n) is 4.29. The predicted octanol–water partition coefficient (Wildman–Crippen LogP) is 3.39. The summed E-state index contributed by atoms with van der Waals surface area (Å²) >= 11 is 0. The van der Waals surface area contributed by atoms with Crippen molar-refractivity contribution in [2.75, 3.05) is 4.90 Å². The minimum atomic E-state index is -4.22. The van der Waals surface area contributed by atoms with Gasteiger partial charge in [-0.25, -0.2) is 4.99 Å². The van der Waals surface area contributed by atoms with E-state index in [-0.39, 0.29) is 24.8 Å². The molecule has 0 aromatic heterocycles. The van der Waals surface area contributed by atoms with Crippen LogP contribution in [0.5, 0.6) is 0 Å². The molecule has 26 heavy (non-hydrogen) atoms. The van der Waals surface area contributed by atoms with Gasteiger partial charge in [0.25, 0.3) is 0 Å². The van der Waals surface area contributed by atoms with Gasteiger partial charge < -0.3 is 11.5 Å². The fourth-order valence-corrected chi connectivity index (χ4v) is 4.29. The first-order valence-electron chi connectivity index (χ1n) is 8.95. The maximum atomic E-state index is 13.3. The Balaban J connectivity index is 1.69. The van der Waals surface area contributed by atoms with Crippen molar-refractivity contribution >= 4 is 17.6 Å². The second-order valence-electron chi connectivity index (χ2n) is 7.45. The Morgan fingerprint density at radius 3 is 2.08 bits per heavy atom. The maximum Gasteiger partial charge on any atom is 0.398 e. The molecule has 8 heteroatoms. The van der Waals surface area contributed by atoms with E-state index in [1.54, 1.807) is 24.3 Å². The molecule has 5 nitrogen and oxygen atoms in total. The van der Waals surface area contributed by atoms with Crippen LogP contribution in [-0.4, -0.2) is 23.8 Å². The Hall–Kier alpha value is -2.25. The summed E-state index contributed by atoms with van der Waals surface area (Å²) in [6.45, 7) is 0. The molecule has 4 N–H and O–H groups in total. The van der Waals surface area contributed by atoms with Crippen molar-refractivity contribution in [1.82, 2.24) is 0 Å². The van der Waals surface area contributed by atoms with Crippen molar-refractivity contribution in [1.29, 1.82) is 0 Å².